The van der Waals surface area contributed by atoms with Gasteiger partial charge in [-0.3, -0.25) is 4.79 Å². The summed E-state index contributed by atoms with van der Waals surface area (Å²) in [7, 11) is 0. The van der Waals surface area contributed by atoms with Crippen molar-refractivity contribution in [2.75, 3.05) is 0 Å². The van der Waals surface area contributed by atoms with Crippen molar-refractivity contribution in [1.29, 1.82) is 0 Å². The number of rotatable bonds is 5. The molecular weight excluding hydrogens is 272 g/mol. The second-order valence-corrected chi connectivity index (χ2v) is 5.36. The van der Waals surface area contributed by atoms with E-state index in [4.69, 9.17) is 11.6 Å². The van der Waals surface area contributed by atoms with Crippen LogP contribution in [0.3, 0.4) is 0 Å². The van der Waals surface area contributed by atoms with Crippen molar-refractivity contribution in [3.8, 4) is 11.3 Å². The molecule has 0 aliphatic carbocycles. The molecule has 0 aliphatic rings. The first-order valence-corrected chi connectivity index (χ1v) is 7.19. The Morgan fingerprint density at radius 1 is 1.20 bits per heavy atom. The second-order valence-electron chi connectivity index (χ2n) is 4.92. The van der Waals surface area contributed by atoms with Crippen LogP contribution in [0.15, 0.2) is 41.2 Å². The van der Waals surface area contributed by atoms with Gasteiger partial charge in [0.15, 0.2) is 0 Å². The highest BCUT2D eigenvalue weighted by atomic mass is 35.5. The van der Waals surface area contributed by atoms with Gasteiger partial charge in [-0.25, -0.2) is 0 Å². The lowest BCUT2D eigenvalue weighted by atomic mass is 10.1. The Hall–Kier alpha value is -1.58. The van der Waals surface area contributed by atoms with Crippen molar-refractivity contribution >= 4 is 11.6 Å². The number of benzene rings is 1. The number of hydrogen-bond donors (Lipinski definition) is 2. The van der Waals surface area contributed by atoms with Crippen LogP contribution in [-0.2, 0) is 6.54 Å². The van der Waals surface area contributed by atoms with E-state index in [1.807, 2.05) is 36.4 Å². The summed E-state index contributed by atoms with van der Waals surface area (Å²) in [6.45, 7) is 4.81. The molecule has 2 N–H and O–H groups in total. The summed E-state index contributed by atoms with van der Waals surface area (Å²) in [5, 5.41) is 4.00. The Labute approximate surface area is 124 Å². The van der Waals surface area contributed by atoms with Crippen molar-refractivity contribution in [1.82, 2.24) is 10.3 Å². The fraction of sp³-hybridized carbons (Fsp3) is 0.312. The summed E-state index contributed by atoms with van der Waals surface area (Å²) in [4.78, 5) is 15.0. The third-order valence-corrected chi connectivity index (χ3v) is 3.65. The Morgan fingerprint density at radius 3 is 2.50 bits per heavy atom. The topological polar surface area (TPSA) is 44.9 Å². The molecule has 1 unspecified atom stereocenters. The molecule has 0 aliphatic heterocycles. The van der Waals surface area contributed by atoms with Gasteiger partial charge in [0.1, 0.15) is 0 Å². The predicted molar refractivity (Wildman–Crippen MR) is 84.1 cm³/mol. The van der Waals surface area contributed by atoms with E-state index in [1.165, 1.54) is 0 Å². The van der Waals surface area contributed by atoms with E-state index < -0.39 is 0 Å². The minimum absolute atomic E-state index is 0.0479. The van der Waals surface area contributed by atoms with Crippen LogP contribution in [0.4, 0.5) is 0 Å². The van der Waals surface area contributed by atoms with Gasteiger partial charge in [0.05, 0.1) is 0 Å². The lowest BCUT2D eigenvalue weighted by Gasteiger charge is -2.11. The minimum atomic E-state index is -0.0479. The molecule has 106 valence electrons. The van der Waals surface area contributed by atoms with Crippen LogP contribution in [0.25, 0.3) is 11.3 Å². The van der Waals surface area contributed by atoms with Gasteiger partial charge in [0, 0.05) is 28.9 Å². The SMILES string of the molecule is CCC(C)NCc1ccc(-c2ccc(Cl)cc2)[nH]c1=O. The molecule has 2 aromatic rings. The van der Waals surface area contributed by atoms with Crippen molar-refractivity contribution < 1.29 is 0 Å². The first-order valence-electron chi connectivity index (χ1n) is 6.81. The lowest BCUT2D eigenvalue weighted by molar-refractivity contribution is 0.532. The summed E-state index contributed by atoms with van der Waals surface area (Å²) in [5.74, 6) is 0. The van der Waals surface area contributed by atoms with E-state index >= 15 is 0 Å². The van der Waals surface area contributed by atoms with Gasteiger partial charge in [0.25, 0.3) is 5.56 Å². The van der Waals surface area contributed by atoms with Crippen molar-refractivity contribution in [2.45, 2.75) is 32.9 Å². The van der Waals surface area contributed by atoms with Gasteiger partial charge in [-0.1, -0.05) is 36.7 Å². The zero-order chi connectivity index (χ0) is 14.5. The number of hydrogen-bond acceptors (Lipinski definition) is 2. The smallest absolute Gasteiger partial charge is 0.252 e. The molecule has 20 heavy (non-hydrogen) atoms. The van der Waals surface area contributed by atoms with Gasteiger partial charge in [-0.2, -0.15) is 0 Å². The molecule has 0 bridgehead atoms. The van der Waals surface area contributed by atoms with Gasteiger partial charge < -0.3 is 10.3 Å². The van der Waals surface area contributed by atoms with Crippen LogP contribution in [0.1, 0.15) is 25.8 Å². The molecule has 0 radical (unpaired) electrons. The van der Waals surface area contributed by atoms with E-state index in [9.17, 15) is 4.79 Å². The Morgan fingerprint density at radius 2 is 1.90 bits per heavy atom. The first-order chi connectivity index (χ1) is 9.60. The van der Waals surface area contributed by atoms with E-state index in [1.54, 1.807) is 0 Å². The Kier molecular flexibility index (Phi) is 4.99. The van der Waals surface area contributed by atoms with Crippen molar-refractivity contribution in [2.24, 2.45) is 0 Å². The maximum Gasteiger partial charge on any atom is 0.252 e. The van der Waals surface area contributed by atoms with Crippen molar-refractivity contribution in [3.05, 3.63) is 57.3 Å². The standard InChI is InChI=1S/C16H19ClN2O/c1-3-11(2)18-10-13-6-9-15(19-16(13)20)12-4-7-14(17)8-5-12/h4-9,11,18H,3,10H2,1-2H3,(H,19,20). The Bertz CT molecular complexity index is 619. The fourth-order valence-corrected chi connectivity index (χ4v) is 2.00. The summed E-state index contributed by atoms with van der Waals surface area (Å²) in [6, 6.07) is 11.6. The summed E-state index contributed by atoms with van der Waals surface area (Å²) in [5.41, 5.74) is 2.46. The van der Waals surface area contributed by atoms with Gasteiger partial charge in [0.2, 0.25) is 0 Å². The normalized spacial score (nSPS) is 12.3. The highest BCUT2D eigenvalue weighted by molar-refractivity contribution is 6.30. The third-order valence-electron chi connectivity index (χ3n) is 3.40. The van der Waals surface area contributed by atoms with Gasteiger partial charge in [-0.15, -0.1) is 0 Å². The molecule has 0 spiro atoms. The average Bonchev–Trinajstić information content (AvgIpc) is 2.46. The van der Waals surface area contributed by atoms with E-state index in [2.05, 4.69) is 24.1 Å². The number of aromatic nitrogens is 1. The number of H-pyrrole nitrogens is 1. The zero-order valence-corrected chi connectivity index (χ0v) is 12.5. The van der Waals surface area contributed by atoms with Crippen LogP contribution < -0.4 is 10.9 Å². The number of aromatic amines is 1. The van der Waals surface area contributed by atoms with Crippen LogP contribution in [0.2, 0.25) is 5.02 Å². The first kappa shape index (κ1) is 14.8. The number of nitrogens with one attached hydrogen (secondary N) is 2. The highest BCUT2D eigenvalue weighted by Crippen LogP contribution is 2.18. The maximum absolute atomic E-state index is 12.1. The van der Waals surface area contributed by atoms with Crippen LogP contribution >= 0.6 is 11.6 Å². The molecule has 1 aromatic carbocycles. The summed E-state index contributed by atoms with van der Waals surface area (Å²) in [6.07, 6.45) is 1.04. The quantitative estimate of drug-likeness (QED) is 0.884. The zero-order valence-electron chi connectivity index (χ0n) is 11.7. The van der Waals surface area contributed by atoms with E-state index in [0.717, 1.165) is 23.2 Å². The fourth-order valence-electron chi connectivity index (χ4n) is 1.87. The predicted octanol–water partition coefficient (Wildman–Crippen LogP) is 3.58. The maximum atomic E-state index is 12.1. The lowest BCUT2D eigenvalue weighted by Crippen LogP contribution is -2.28. The second kappa shape index (κ2) is 6.73. The Balaban J connectivity index is 2.17. The van der Waals surface area contributed by atoms with Crippen LogP contribution in [0, 0.1) is 0 Å². The van der Waals surface area contributed by atoms with E-state index in [0.29, 0.717) is 17.6 Å². The number of pyridine rings is 1. The molecule has 0 saturated heterocycles. The summed E-state index contributed by atoms with van der Waals surface area (Å²) >= 11 is 5.86. The molecule has 1 atom stereocenters. The highest BCUT2D eigenvalue weighted by Gasteiger charge is 2.05. The molecule has 2 rings (SSSR count). The largest absolute Gasteiger partial charge is 0.322 e. The summed E-state index contributed by atoms with van der Waals surface area (Å²) < 4.78 is 0. The van der Waals surface area contributed by atoms with E-state index in [-0.39, 0.29) is 5.56 Å². The van der Waals surface area contributed by atoms with Crippen LogP contribution in [0.5, 0.6) is 0 Å². The molecule has 0 fully saturated rings. The van der Waals surface area contributed by atoms with Gasteiger partial charge >= 0.3 is 0 Å². The molecule has 0 amide bonds. The molecular formula is C16H19ClN2O. The third kappa shape index (κ3) is 3.71. The molecule has 1 heterocycles. The molecule has 4 heteroatoms. The van der Waals surface area contributed by atoms with Crippen LogP contribution in [-0.4, -0.2) is 11.0 Å². The average molecular weight is 291 g/mol. The molecule has 3 nitrogen and oxygen atoms in total. The molecule has 0 saturated carbocycles. The number of halogens is 1. The van der Waals surface area contributed by atoms with Gasteiger partial charge in [-0.05, 0) is 37.1 Å². The van der Waals surface area contributed by atoms with Crippen molar-refractivity contribution in [3.63, 3.8) is 0 Å². The molecule has 1 aromatic heterocycles. The monoisotopic (exact) mass is 290 g/mol. The minimum Gasteiger partial charge on any atom is -0.322 e.